The van der Waals surface area contributed by atoms with Crippen LogP contribution in [0.3, 0.4) is 0 Å². The van der Waals surface area contributed by atoms with Crippen molar-refractivity contribution in [2.45, 2.75) is 18.9 Å². The van der Waals surface area contributed by atoms with Gasteiger partial charge in [-0.05, 0) is 31.2 Å². The van der Waals surface area contributed by atoms with E-state index in [0.29, 0.717) is 10.1 Å². The lowest BCUT2D eigenvalue weighted by Crippen LogP contribution is -2.26. The Morgan fingerprint density at radius 3 is 2.68 bits per heavy atom. The van der Waals surface area contributed by atoms with Crippen molar-refractivity contribution < 1.29 is 14.2 Å². The van der Waals surface area contributed by atoms with Gasteiger partial charge in [-0.1, -0.05) is 17.7 Å². The first kappa shape index (κ1) is 14.3. The number of methoxy groups -OCH3 is 1. The van der Waals surface area contributed by atoms with Crippen LogP contribution in [0.25, 0.3) is 0 Å². The lowest BCUT2D eigenvalue weighted by molar-refractivity contribution is 0.0518. The fourth-order valence-electron chi connectivity index (χ4n) is 2.07. The van der Waals surface area contributed by atoms with E-state index in [1.54, 1.807) is 25.1 Å². The summed E-state index contributed by atoms with van der Waals surface area (Å²) in [5.74, 6) is -0.139. The minimum Gasteiger partial charge on any atom is -0.496 e. The summed E-state index contributed by atoms with van der Waals surface area (Å²) in [6.45, 7) is 1.57. The first-order chi connectivity index (χ1) is 8.94. The zero-order valence-corrected chi connectivity index (χ0v) is 12.2. The zero-order chi connectivity index (χ0) is 14.0. The number of thiophene rings is 1. The average molecular weight is 301 g/mol. The van der Waals surface area contributed by atoms with Gasteiger partial charge in [0.05, 0.1) is 22.6 Å². The van der Waals surface area contributed by atoms with Gasteiger partial charge in [-0.2, -0.15) is 0 Å². The number of benzene rings is 1. The van der Waals surface area contributed by atoms with E-state index in [1.807, 2.05) is 6.07 Å². The predicted octanol–water partition coefficient (Wildman–Crippen LogP) is 4.00. The van der Waals surface area contributed by atoms with Crippen LogP contribution in [0.15, 0.2) is 30.3 Å². The monoisotopic (exact) mass is 300 g/mol. The molecule has 0 spiro atoms. The highest BCUT2D eigenvalue weighted by Gasteiger charge is 2.31. The zero-order valence-electron chi connectivity index (χ0n) is 10.6. The van der Waals surface area contributed by atoms with E-state index in [1.165, 1.54) is 24.5 Å². The smallest absolute Gasteiger partial charge is 0.133 e. The topological polar surface area (TPSA) is 29.5 Å². The molecule has 0 aliphatic heterocycles. The van der Waals surface area contributed by atoms with Crippen LogP contribution in [0.5, 0.6) is 5.75 Å². The second-order valence-electron chi connectivity index (χ2n) is 4.47. The number of ether oxygens (including phenoxy) is 1. The van der Waals surface area contributed by atoms with Crippen molar-refractivity contribution in [3.63, 3.8) is 0 Å². The highest BCUT2D eigenvalue weighted by molar-refractivity contribution is 7.16. The van der Waals surface area contributed by atoms with Gasteiger partial charge >= 0.3 is 0 Å². The largest absolute Gasteiger partial charge is 0.496 e. The van der Waals surface area contributed by atoms with Crippen LogP contribution in [-0.4, -0.2) is 12.2 Å². The first-order valence-corrected chi connectivity index (χ1v) is 6.93. The van der Waals surface area contributed by atoms with Crippen molar-refractivity contribution >= 4 is 22.9 Å². The average Bonchev–Trinajstić information content (AvgIpc) is 2.73. The minimum atomic E-state index is -1.36. The molecule has 2 aromatic rings. The van der Waals surface area contributed by atoms with Gasteiger partial charge in [0, 0.05) is 11.3 Å². The molecule has 102 valence electrons. The molecule has 2 rings (SSSR count). The molecule has 0 radical (unpaired) electrons. The quantitative estimate of drug-likeness (QED) is 0.925. The van der Waals surface area contributed by atoms with Crippen molar-refractivity contribution in [3.8, 4) is 5.75 Å². The van der Waals surface area contributed by atoms with Gasteiger partial charge < -0.3 is 9.84 Å². The van der Waals surface area contributed by atoms with E-state index < -0.39 is 11.4 Å². The third-order valence-corrected chi connectivity index (χ3v) is 4.11. The van der Waals surface area contributed by atoms with Crippen molar-refractivity contribution in [1.29, 1.82) is 0 Å². The van der Waals surface area contributed by atoms with Crippen LogP contribution in [0.2, 0.25) is 4.34 Å². The Kier molecular flexibility index (Phi) is 4.13. The second kappa shape index (κ2) is 5.49. The van der Waals surface area contributed by atoms with E-state index in [0.717, 1.165) is 4.88 Å². The SMILES string of the molecule is COc1cccc(F)c1C(C)(O)Cc1ccc(Cl)s1. The molecule has 0 aliphatic carbocycles. The van der Waals surface area contributed by atoms with Crippen LogP contribution in [0, 0.1) is 5.82 Å². The lowest BCUT2D eigenvalue weighted by Gasteiger charge is -2.25. The van der Waals surface area contributed by atoms with Crippen molar-refractivity contribution in [2.75, 3.05) is 7.11 Å². The van der Waals surface area contributed by atoms with E-state index in [-0.39, 0.29) is 12.0 Å². The molecule has 19 heavy (non-hydrogen) atoms. The maximum Gasteiger partial charge on any atom is 0.133 e. The Hall–Kier alpha value is -1.10. The van der Waals surface area contributed by atoms with Crippen molar-refractivity contribution in [3.05, 3.63) is 50.9 Å². The van der Waals surface area contributed by atoms with Crippen molar-refractivity contribution in [2.24, 2.45) is 0 Å². The lowest BCUT2D eigenvalue weighted by atomic mass is 9.90. The Morgan fingerprint density at radius 2 is 2.11 bits per heavy atom. The summed E-state index contributed by atoms with van der Waals surface area (Å²) in [6.07, 6.45) is 0.279. The van der Waals surface area contributed by atoms with E-state index in [2.05, 4.69) is 0 Å². The number of aliphatic hydroxyl groups is 1. The number of hydrogen-bond acceptors (Lipinski definition) is 3. The standard InChI is InChI=1S/C14H14ClFO2S/c1-14(17,8-9-6-7-12(15)19-9)13-10(16)4-3-5-11(13)18-2/h3-7,17H,8H2,1-2H3. The van der Waals surface area contributed by atoms with E-state index >= 15 is 0 Å². The molecule has 0 fully saturated rings. The molecule has 0 amide bonds. The van der Waals surface area contributed by atoms with Crippen LogP contribution in [-0.2, 0) is 12.0 Å². The molecule has 0 bridgehead atoms. The number of hydrogen-bond donors (Lipinski definition) is 1. The fraction of sp³-hybridized carbons (Fsp3) is 0.286. The molecular weight excluding hydrogens is 287 g/mol. The van der Waals surface area contributed by atoms with Crippen molar-refractivity contribution in [1.82, 2.24) is 0 Å². The summed E-state index contributed by atoms with van der Waals surface area (Å²) in [6, 6.07) is 8.09. The molecular formula is C14H14ClFO2S. The summed E-state index contributed by atoms with van der Waals surface area (Å²) in [5, 5.41) is 10.6. The summed E-state index contributed by atoms with van der Waals surface area (Å²) < 4.78 is 19.8. The maximum atomic E-state index is 14.0. The predicted molar refractivity (Wildman–Crippen MR) is 75.6 cm³/mol. The first-order valence-electron chi connectivity index (χ1n) is 5.73. The Labute approximate surface area is 120 Å². The minimum absolute atomic E-state index is 0.169. The van der Waals surface area contributed by atoms with Gasteiger partial charge in [0.25, 0.3) is 0 Å². The molecule has 0 aliphatic rings. The third kappa shape index (κ3) is 3.08. The summed E-state index contributed by atoms with van der Waals surface area (Å²) in [7, 11) is 1.45. The Bertz CT molecular complexity index is 581. The molecule has 1 aromatic carbocycles. The Balaban J connectivity index is 2.38. The molecule has 1 unspecified atom stereocenters. The molecule has 1 heterocycles. The summed E-state index contributed by atoms with van der Waals surface area (Å²) in [4.78, 5) is 0.889. The van der Waals surface area contributed by atoms with Gasteiger partial charge in [-0.25, -0.2) is 4.39 Å². The van der Waals surface area contributed by atoms with E-state index in [4.69, 9.17) is 16.3 Å². The molecule has 5 heteroatoms. The van der Waals surface area contributed by atoms with Crippen LogP contribution >= 0.6 is 22.9 Å². The molecule has 1 N–H and O–H groups in total. The van der Waals surface area contributed by atoms with E-state index in [9.17, 15) is 9.50 Å². The fourth-order valence-corrected chi connectivity index (χ4v) is 3.31. The van der Waals surface area contributed by atoms with Gasteiger partial charge in [0.1, 0.15) is 11.6 Å². The van der Waals surface area contributed by atoms with Gasteiger partial charge in [-0.3, -0.25) is 0 Å². The summed E-state index contributed by atoms with van der Waals surface area (Å²) >= 11 is 7.23. The van der Waals surface area contributed by atoms with Gasteiger partial charge in [0.2, 0.25) is 0 Å². The summed E-state index contributed by atoms with van der Waals surface area (Å²) in [5.41, 5.74) is -1.19. The van der Waals surface area contributed by atoms with Crippen LogP contribution < -0.4 is 4.74 Å². The molecule has 1 atom stereocenters. The van der Waals surface area contributed by atoms with Crippen LogP contribution in [0.4, 0.5) is 4.39 Å². The molecule has 1 aromatic heterocycles. The van der Waals surface area contributed by atoms with Gasteiger partial charge in [0.15, 0.2) is 0 Å². The normalized spacial score (nSPS) is 14.2. The molecule has 0 saturated carbocycles. The second-order valence-corrected chi connectivity index (χ2v) is 6.27. The third-order valence-electron chi connectivity index (χ3n) is 2.88. The van der Waals surface area contributed by atoms with Gasteiger partial charge in [-0.15, -0.1) is 11.3 Å². The number of rotatable bonds is 4. The van der Waals surface area contributed by atoms with Crippen LogP contribution in [0.1, 0.15) is 17.4 Å². The molecule has 2 nitrogen and oxygen atoms in total. The Morgan fingerprint density at radius 1 is 1.37 bits per heavy atom. The maximum absolute atomic E-state index is 14.0. The number of halogens is 2. The highest BCUT2D eigenvalue weighted by Crippen LogP contribution is 2.36. The highest BCUT2D eigenvalue weighted by atomic mass is 35.5. The molecule has 0 saturated heterocycles.